The first kappa shape index (κ1) is 13.3. The molecule has 2 rings (SSSR count). The molecule has 1 aromatic rings. The lowest BCUT2D eigenvalue weighted by atomic mass is 10.2. The molecule has 0 saturated carbocycles. The second-order valence-corrected chi connectivity index (χ2v) is 4.98. The summed E-state index contributed by atoms with van der Waals surface area (Å²) in [5, 5.41) is 0. The van der Waals surface area contributed by atoms with Gasteiger partial charge in [0.05, 0.1) is 12.0 Å². The van der Waals surface area contributed by atoms with Gasteiger partial charge in [0.15, 0.2) is 0 Å². The molecule has 5 nitrogen and oxygen atoms in total. The number of aldehydes is 1. The van der Waals surface area contributed by atoms with Crippen molar-refractivity contribution < 1.29 is 19.1 Å². The molecular formula is C13H11NO4S. The van der Waals surface area contributed by atoms with E-state index in [2.05, 4.69) is 16.7 Å². The number of esters is 1. The Labute approximate surface area is 114 Å². The van der Waals surface area contributed by atoms with E-state index in [1.54, 1.807) is 12.1 Å². The van der Waals surface area contributed by atoms with Crippen molar-refractivity contribution in [3.63, 3.8) is 0 Å². The molecule has 0 aliphatic carbocycles. The third-order valence-electron chi connectivity index (χ3n) is 2.70. The Morgan fingerprint density at radius 3 is 3.05 bits per heavy atom. The van der Waals surface area contributed by atoms with Crippen molar-refractivity contribution >= 4 is 29.5 Å². The Hall–Kier alpha value is -2.13. The number of ether oxygens (including phenoxy) is 1. The number of nitrogens with zero attached hydrogens (tertiary/aromatic N) is 1. The Bertz CT molecular complexity index is 581. The van der Waals surface area contributed by atoms with E-state index in [0.717, 1.165) is 6.29 Å². The summed E-state index contributed by atoms with van der Waals surface area (Å²) >= 11 is 1.18. The van der Waals surface area contributed by atoms with Gasteiger partial charge < -0.3 is 9.53 Å². The highest BCUT2D eigenvalue weighted by molar-refractivity contribution is 7.14. The lowest BCUT2D eigenvalue weighted by Gasteiger charge is -2.10. The Balaban J connectivity index is 2.15. The van der Waals surface area contributed by atoms with Crippen molar-refractivity contribution in [3.05, 3.63) is 21.9 Å². The second-order valence-electron chi connectivity index (χ2n) is 3.90. The van der Waals surface area contributed by atoms with Gasteiger partial charge >= 0.3 is 5.97 Å². The van der Waals surface area contributed by atoms with Crippen LogP contribution in [0.25, 0.3) is 0 Å². The molecule has 1 aromatic heterocycles. The normalized spacial score (nSPS) is 17.8. The van der Waals surface area contributed by atoms with Gasteiger partial charge in [0, 0.05) is 12.5 Å². The van der Waals surface area contributed by atoms with Crippen LogP contribution in [0.5, 0.6) is 0 Å². The number of carbonyl (C=O) groups excluding carboxylic acids is 3. The van der Waals surface area contributed by atoms with Gasteiger partial charge in [-0.25, -0.2) is 4.79 Å². The molecule has 1 atom stereocenters. The summed E-state index contributed by atoms with van der Waals surface area (Å²) in [6, 6.07) is 5.52. The molecule has 0 bridgehead atoms. The summed E-state index contributed by atoms with van der Waals surface area (Å²) < 4.78 is 4.59. The molecule has 1 aliphatic rings. The van der Waals surface area contributed by atoms with Crippen LogP contribution in [0.15, 0.2) is 12.1 Å². The highest BCUT2D eigenvalue weighted by Gasteiger charge is 2.29. The lowest BCUT2D eigenvalue weighted by molar-refractivity contribution is -0.127. The van der Waals surface area contributed by atoms with Crippen LogP contribution in [0.4, 0.5) is 0 Å². The van der Waals surface area contributed by atoms with E-state index in [1.165, 1.54) is 23.3 Å². The van der Waals surface area contributed by atoms with Crippen molar-refractivity contribution in [2.24, 2.45) is 0 Å². The van der Waals surface area contributed by atoms with Gasteiger partial charge in [-0.15, -0.1) is 11.3 Å². The molecule has 0 spiro atoms. The smallest absolute Gasteiger partial charge is 0.348 e. The molecule has 2 heterocycles. The Morgan fingerprint density at radius 1 is 1.58 bits per heavy atom. The van der Waals surface area contributed by atoms with Crippen LogP contribution in [0.3, 0.4) is 0 Å². The SMILES string of the molecule is COC(=O)c1ccc(C#CN2C(=O)CC[C@@H]2C=O)s1. The Morgan fingerprint density at radius 2 is 2.37 bits per heavy atom. The minimum atomic E-state index is -0.458. The van der Waals surface area contributed by atoms with E-state index >= 15 is 0 Å². The van der Waals surface area contributed by atoms with Crippen molar-refractivity contribution in [1.82, 2.24) is 4.90 Å². The highest BCUT2D eigenvalue weighted by atomic mass is 32.1. The van der Waals surface area contributed by atoms with Gasteiger partial charge in [-0.3, -0.25) is 9.69 Å². The van der Waals surface area contributed by atoms with Crippen molar-refractivity contribution in [2.75, 3.05) is 7.11 Å². The van der Waals surface area contributed by atoms with Crippen LogP contribution >= 0.6 is 11.3 Å². The van der Waals surface area contributed by atoms with Crippen LogP contribution in [0, 0.1) is 12.0 Å². The molecule has 0 aromatic carbocycles. The topological polar surface area (TPSA) is 63.7 Å². The average molecular weight is 277 g/mol. The minimum Gasteiger partial charge on any atom is -0.465 e. The Kier molecular flexibility index (Phi) is 3.97. The molecule has 6 heteroatoms. The first-order valence-electron chi connectivity index (χ1n) is 5.63. The van der Waals surface area contributed by atoms with Gasteiger partial charge in [-0.05, 0) is 24.5 Å². The molecule has 1 fully saturated rings. The maximum absolute atomic E-state index is 11.5. The molecule has 0 radical (unpaired) electrons. The predicted molar refractivity (Wildman–Crippen MR) is 68.5 cm³/mol. The van der Waals surface area contributed by atoms with Gasteiger partial charge in [0.2, 0.25) is 5.91 Å². The zero-order valence-corrected chi connectivity index (χ0v) is 11.0. The third-order valence-corrected chi connectivity index (χ3v) is 3.68. The van der Waals surface area contributed by atoms with Gasteiger partial charge in [-0.1, -0.05) is 0 Å². The number of likely N-dealkylation sites (tertiary alicyclic amines) is 1. The van der Waals surface area contributed by atoms with E-state index in [4.69, 9.17) is 0 Å². The fourth-order valence-electron chi connectivity index (χ4n) is 1.71. The fourth-order valence-corrected chi connectivity index (χ4v) is 2.48. The average Bonchev–Trinajstić information content (AvgIpc) is 3.02. The minimum absolute atomic E-state index is 0.144. The van der Waals surface area contributed by atoms with E-state index in [-0.39, 0.29) is 5.91 Å². The van der Waals surface area contributed by atoms with Crippen molar-refractivity contribution in [3.8, 4) is 12.0 Å². The molecule has 0 unspecified atom stereocenters. The largest absolute Gasteiger partial charge is 0.465 e. The zero-order valence-electron chi connectivity index (χ0n) is 10.2. The van der Waals surface area contributed by atoms with Gasteiger partial charge in [0.1, 0.15) is 17.2 Å². The van der Waals surface area contributed by atoms with Crippen LogP contribution in [-0.2, 0) is 14.3 Å². The summed E-state index contributed by atoms with van der Waals surface area (Å²) in [6.07, 6.45) is 1.58. The van der Waals surface area contributed by atoms with Crippen molar-refractivity contribution in [1.29, 1.82) is 0 Å². The zero-order chi connectivity index (χ0) is 13.8. The van der Waals surface area contributed by atoms with Crippen LogP contribution in [-0.4, -0.2) is 36.2 Å². The monoisotopic (exact) mass is 277 g/mol. The summed E-state index contributed by atoms with van der Waals surface area (Å²) in [4.78, 5) is 35.9. The standard InChI is InChI=1S/C13H11NO4S/c1-18-13(17)11-4-3-10(19-11)6-7-14-9(8-15)2-5-12(14)16/h3-4,8-9H,2,5H2,1H3/t9-/m1/s1. The lowest BCUT2D eigenvalue weighted by Crippen LogP contribution is -2.29. The van der Waals surface area contributed by atoms with Gasteiger partial charge in [0.25, 0.3) is 0 Å². The number of thiophene rings is 1. The molecule has 1 saturated heterocycles. The highest BCUT2D eigenvalue weighted by Crippen LogP contribution is 2.18. The number of rotatable bonds is 2. The summed E-state index contributed by atoms with van der Waals surface area (Å²) in [7, 11) is 1.31. The fraction of sp³-hybridized carbons (Fsp3) is 0.308. The molecule has 98 valence electrons. The molecule has 0 N–H and O–H groups in total. The number of hydrogen-bond donors (Lipinski definition) is 0. The second kappa shape index (κ2) is 5.67. The molecule has 1 amide bonds. The first-order chi connectivity index (χ1) is 9.15. The molecule has 19 heavy (non-hydrogen) atoms. The van der Waals surface area contributed by atoms with Crippen LogP contribution in [0.2, 0.25) is 0 Å². The van der Waals surface area contributed by atoms with Crippen LogP contribution in [0.1, 0.15) is 27.4 Å². The maximum atomic E-state index is 11.5. The van der Waals surface area contributed by atoms with E-state index < -0.39 is 12.0 Å². The third kappa shape index (κ3) is 2.83. The first-order valence-corrected chi connectivity index (χ1v) is 6.44. The predicted octanol–water partition coefficient (Wildman–Crippen LogP) is 1.03. The maximum Gasteiger partial charge on any atom is 0.348 e. The summed E-state index contributed by atoms with van der Waals surface area (Å²) in [5.41, 5.74) is 0. The van der Waals surface area contributed by atoms with Gasteiger partial charge in [-0.2, -0.15) is 0 Å². The molecule has 1 aliphatic heterocycles. The van der Waals surface area contributed by atoms with Crippen molar-refractivity contribution in [2.45, 2.75) is 18.9 Å². The van der Waals surface area contributed by atoms with E-state index in [9.17, 15) is 14.4 Å². The summed E-state index contributed by atoms with van der Waals surface area (Å²) in [6.45, 7) is 0. The molecular weight excluding hydrogens is 266 g/mol. The number of hydrogen-bond acceptors (Lipinski definition) is 5. The van der Waals surface area contributed by atoms with E-state index in [0.29, 0.717) is 22.6 Å². The number of amides is 1. The van der Waals surface area contributed by atoms with Crippen LogP contribution < -0.4 is 0 Å². The van der Waals surface area contributed by atoms with E-state index in [1.807, 2.05) is 0 Å². The number of methoxy groups -OCH3 is 1. The summed E-state index contributed by atoms with van der Waals surface area (Å²) in [5.74, 6) is 2.23. The quantitative estimate of drug-likeness (QED) is 0.460. The number of carbonyl (C=O) groups is 3.